The molecule has 0 N–H and O–H groups in total. The van der Waals surface area contributed by atoms with Gasteiger partial charge in [0, 0.05) is 37.8 Å². The van der Waals surface area contributed by atoms with E-state index in [9.17, 15) is 8.42 Å². The fraction of sp³-hybridized carbons (Fsp3) is 0.375. The molecule has 0 atom stereocenters. The molecule has 1 saturated heterocycles. The van der Waals surface area contributed by atoms with E-state index in [2.05, 4.69) is 21.7 Å². The Morgan fingerprint density at radius 3 is 2.39 bits per heavy atom. The third-order valence-corrected chi connectivity index (χ3v) is 7.98. The van der Waals surface area contributed by atoms with Crippen LogP contribution in [0.5, 0.6) is 5.75 Å². The number of aryl methyl sites for hydroxylation is 2. The van der Waals surface area contributed by atoms with Crippen molar-refractivity contribution in [1.29, 1.82) is 0 Å². The minimum absolute atomic E-state index is 0.251. The average Bonchev–Trinajstić information content (AvgIpc) is 2.79. The normalized spacial score (nSPS) is 15.4. The molecule has 1 fully saturated rings. The molecule has 0 bridgehead atoms. The van der Waals surface area contributed by atoms with Crippen LogP contribution in [0.4, 0.5) is 5.69 Å². The lowest BCUT2D eigenvalue weighted by molar-refractivity contribution is 0.271. The van der Waals surface area contributed by atoms with E-state index in [4.69, 9.17) is 4.74 Å². The number of piperazine rings is 1. The second-order valence-electron chi connectivity index (χ2n) is 8.02. The number of ether oxygens (including phenoxy) is 1. The molecule has 1 aromatic heterocycles. The molecule has 3 aromatic rings. The van der Waals surface area contributed by atoms with Crippen LogP contribution in [0.15, 0.2) is 52.4 Å². The first-order chi connectivity index (χ1) is 14.8. The van der Waals surface area contributed by atoms with Gasteiger partial charge in [0.1, 0.15) is 10.6 Å². The maximum Gasteiger partial charge on any atom is 0.210 e. The van der Waals surface area contributed by atoms with Crippen LogP contribution in [-0.2, 0) is 9.84 Å². The first kappa shape index (κ1) is 21.6. The molecule has 0 aliphatic carbocycles. The molecule has 2 heterocycles. The van der Waals surface area contributed by atoms with Gasteiger partial charge in [0.15, 0.2) is 0 Å². The van der Waals surface area contributed by atoms with Crippen molar-refractivity contribution in [2.45, 2.75) is 30.6 Å². The van der Waals surface area contributed by atoms with Crippen molar-refractivity contribution in [3.05, 3.63) is 53.7 Å². The molecule has 6 nitrogen and oxygen atoms in total. The highest BCUT2D eigenvalue weighted by Gasteiger charge is 2.29. The van der Waals surface area contributed by atoms with Gasteiger partial charge in [0.2, 0.25) is 9.84 Å². The van der Waals surface area contributed by atoms with Crippen molar-refractivity contribution < 1.29 is 13.2 Å². The van der Waals surface area contributed by atoms with Crippen molar-refractivity contribution in [1.82, 2.24) is 9.88 Å². The van der Waals surface area contributed by atoms with E-state index in [0.717, 1.165) is 60.4 Å². The Bertz CT molecular complexity index is 1220. The van der Waals surface area contributed by atoms with Gasteiger partial charge in [-0.15, -0.1) is 0 Å². The molecule has 4 rings (SSSR count). The monoisotopic (exact) mass is 439 g/mol. The van der Waals surface area contributed by atoms with E-state index in [1.54, 1.807) is 19.2 Å². The Hall–Kier alpha value is -2.64. The summed E-state index contributed by atoms with van der Waals surface area (Å²) >= 11 is 0. The zero-order valence-electron chi connectivity index (χ0n) is 18.6. The van der Waals surface area contributed by atoms with Crippen molar-refractivity contribution in [3.63, 3.8) is 0 Å². The standard InChI is InChI=1S/C24H29N3O3S/c1-5-26-10-12-27(13-11-26)24-21-15-19(30-4)7-9-22(21)25-16-23(24)31(28,29)20-8-6-17(2)18(3)14-20/h6-9,14-16H,5,10-13H2,1-4H3. The van der Waals surface area contributed by atoms with Gasteiger partial charge in [-0.1, -0.05) is 13.0 Å². The predicted molar refractivity (Wildman–Crippen MR) is 124 cm³/mol. The number of fused-ring (bicyclic) bond motifs is 1. The summed E-state index contributed by atoms with van der Waals surface area (Å²) < 4.78 is 33.0. The molecule has 0 amide bonds. The zero-order chi connectivity index (χ0) is 22.2. The largest absolute Gasteiger partial charge is 0.497 e. The highest BCUT2D eigenvalue weighted by molar-refractivity contribution is 7.91. The number of nitrogens with zero attached hydrogens (tertiary/aromatic N) is 3. The fourth-order valence-corrected chi connectivity index (χ4v) is 5.60. The van der Waals surface area contributed by atoms with Crippen LogP contribution in [0, 0.1) is 13.8 Å². The molecule has 31 heavy (non-hydrogen) atoms. The lowest BCUT2D eigenvalue weighted by Crippen LogP contribution is -2.46. The van der Waals surface area contributed by atoms with E-state index in [0.29, 0.717) is 10.6 Å². The Balaban J connectivity index is 1.93. The maximum absolute atomic E-state index is 13.8. The number of likely N-dealkylation sites (N-methyl/N-ethyl adjacent to an activating group) is 1. The number of rotatable bonds is 5. The van der Waals surface area contributed by atoms with Gasteiger partial charge in [-0.3, -0.25) is 4.98 Å². The maximum atomic E-state index is 13.8. The topological polar surface area (TPSA) is 62.7 Å². The smallest absolute Gasteiger partial charge is 0.210 e. The number of methoxy groups -OCH3 is 1. The highest BCUT2D eigenvalue weighted by atomic mass is 32.2. The zero-order valence-corrected chi connectivity index (χ0v) is 19.4. The van der Waals surface area contributed by atoms with Gasteiger partial charge in [0.25, 0.3) is 0 Å². The molecule has 1 aliphatic rings. The first-order valence-corrected chi connectivity index (χ1v) is 12.1. The van der Waals surface area contributed by atoms with Gasteiger partial charge in [-0.05, 0) is 61.9 Å². The average molecular weight is 440 g/mol. The molecule has 0 spiro atoms. The van der Waals surface area contributed by atoms with Crippen LogP contribution in [0.25, 0.3) is 10.9 Å². The number of hydrogen-bond acceptors (Lipinski definition) is 6. The van der Waals surface area contributed by atoms with E-state index in [1.165, 1.54) is 6.20 Å². The van der Waals surface area contributed by atoms with Gasteiger partial charge in [0.05, 0.1) is 23.2 Å². The van der Waals surface area contributed by atoms with Gasteiger partial charge in [-0.2, -0.15) is 0 Å². The fourth-order valence-electron chi connectivity index (χ4n) is 4.08. The lowest BCUT2D eigenvalue weighted by atomic mass is 10.1. The molecule has 0 radical (unpaired) electrons. The summed E-state index contributed by atoms with van der Waals surface area (Å²) in [4.78, 5) is 9.61. The number of hydrogen-bond donors (Lipinski definition) is 0. The molecular formula is C24H29N3O3S. The summed E-state index contributed by atoms with van der Waals surface area (Å²) in [6.07, 6.45) is 1.51. The Labute approximate surface area is 184 Å². The molecule has 0 saturated carbocycles. The second kappa shape index (κ2) is 8.48. The minimum Gasteiger partial charge on any atom is -0.497 e. The Kier molecular flexibility index (Phi) is 5.90. The number of aromatic nitrogens is 1. The number of anilines is 1. The minimum atomic E-state index is -3.75. The summed E-state index contributed by atoms with van der Waals surface area (Å²) in [7, 11) is -2.13. The van der Waals surface area contributed by atoms with Gasteiger partial charge < -0.3 is 14.5 Å². The third-order valence-electron chi connectivity index (χ3n) is 6.23. The highest BCUT2D eigenvalue weighted by Crippen LogP contribution is 2.38. The van der Waals surface area contributed by atoms with E-state index >= 15 is 0 Å². The van der Waals surface area contributed by atoms with Crippen molar-refractivity contribution in [3.8, 4) is 5.75 Å². The van der Waals surface area contributed by atoms with Crippen LogP contribution in [0.1, 0.15) is 18.1 Å². The molecule has 164 valence electrons. The summed E-state index contributed by atoms with van der Waals surface area (Å²) in [6.45, 7) is 10.4. The van der Waals surface area contributed by atoms with Crippen LogP contribution in [0.3, 0.4) is 0 Å². The van der Waals surface area contributed by atoms with Crippen LogP contribution >= 0.6 is 0 Å². The van der Waals surface area contributed by atoms with Crippen LogP contribution in [0.2, 0.25) is 0 Å². The lowest BCUT2D eigenvalue weighted by Gasteiger charge is -2.36. The van der Waals surface area contributed by atoms with E-state index in [-0.39, 0.29) is 4.90 Å². The van der Waals surface area contributed by atoms with E-state index < -0.39 is 9.84 Å². The number of pyridine rings is 1. The Morgan fingerprint density at radius 2 is 1.74 bits per heavy atom. The molecule has 2 aromatic carbocycles. The summed E-state index contributed by atoms with van der Waals surface area (Å²) in [5.74, 6) is 0.684. The summed E-state index contributed by atoms with van der Waals surface area (Å²) in [5, 5.41) is 0.800. The third kappa shape index (κ3) is 4.00. The van der Waals surface area contributed by atoms with Crippen molar-refractivity contribution in [2.75, 3.05) is 44.7 Å². The number of benzene rings is 2. The van der Waals surface area contributed by atoms with Crippen molar-refractivity contribution >= 4 is 26.4 Å². The predicted octanol–water partition coefficient (Wildman–Crippen LogP) is 3.83. The first-order valence-electron chi connectivity index (χ1n) is 10.6. The second-order valence-corrected chi connectivity index (χ2v) is 9.94. The van der Waals surface area contributed by atoms with Gasteiger partial charge >= 0.3 is 0 Å². The van der Waals surface area contributed by atoms with Crippen molar-refractivity contribution in [2.24, 2.45) is 0 Å². The Morgan fingerprint density at radius 1 is 1.00 bits per heavy atom. The quantitative estimate of drug-likeness (QED) is 0.602. The SMILES string of the molecule is CCN1CCN(c2c(S(=O)(=O)c3ccc(C)c(C)c3)cnc3ccc(OC)cc23)CC1. The molecule has 1 aliphatic heterocycles. The van der Waals surface area contributed by atoms with Crippen LogP contribution in [-0.4, -0.2) is 58.1 Å². The molecular weight excluding hydrogens is 410 g/mol. The summed E-state index contributed by atoms with van der Waals surface area (Å²) in [5.41, 5.74) is 3.50. The molecule has 0 unspecified atom stereocenters. The number of sulfone groups is 1. The van der Waals surface area contributed by atoms with Gasteiger partial charge in [-0.25, -0.2) is 8.42 Å². The molecule has 7 heteroatoms. The van der Waals surface area contributed by atoms with Crippen LogP contribution < -0.4 is 9.64 Å². The van der Waals surface area contributed by atoms with E-state index in [1.807, 2.05) is 38.1 Å². The summed E-state index contributed by atoms with van der Waals surface area (Å²) in [6, 6.07) is 10.9.